The molecule has 0 aromatic carbocycles. The minimum Gasteiger partial charge on any atom is -0.465 e. The predicted octanol–water partition coefficient (Wildman–Crippen LogP) is 0.780. The largest absolute Gasteiger partial charge is 0.465 e. The number of carbonyl (C=O) groups excluding carboxylic acids is 1. The van der Waals surface area contributed by atoms with Gasteiger partial charge in [-0.1, -0.05) is 11.8 Å². The van der Waals surface area contributed by atoms with Crippen molar-refractivity contribution in [1.82, 2.24) is 4.90 Å². The number of rotatable bonds is 4. The molecule has 0 saturated carbocycles. The maximum Gasteiger partial charge on any atom is 0.324 e. The van der Waals surface area contributed by atoms with Crippen LogP contribution in [0, 0.1) is 22.7 Å². The third kappa shape index (κ3) is 3.85. The number of amidine groups is 1. The molecule has 0 bridgehead atoms. The van der Waals surface area contributed by atoms with E-state index in [4.69, 9.17) is 15.9 Å². The van der Waals surface area contributed by atoms with Gasteiger partial charge in [0.05, 0.1) is 17.4 Å². The van der Waals surface area contributed by atoms with Gasteiger partial charge in [-0.15, -0.1) is 0 Å². The second-order valence-corrected chi connectivity index (χ2v) is 6.11. The Balaban J connectivity index is 2.97. The van der Waals surface area contributed by atoms with Gasteiger partial charge in [0.1, 0.15) is 0 Å². The molecule has 1 unspecified atom stereocenters. The molecular weight excluding hydrogens is 264 g/mol. The minimum atomic E-state index is -0.880. The van der Waals surface area contributed by atoms with Gasteiger partial charge in [-0.2, -0.15) is 5.26 Å². The lowest BCUT2D eigenvalue weighted by Crippen LogP contribution is -2.49. The van der Waals surface area contributed by atoms with E-state index in [9.17, 15) is 10.1 Å². The number of esters is 1. The monoisotopic (exact) mass is 284 g/mol. The first-order chi connectivity index (χ1) is 8.95. The molecule has 1 heterocycles. The van der Waals surface area contributed by atoms with Crippen LogP contribution in [0.15, 0.2) is 0 Å². The van der Waals surface area contributed by atoms with Gasteiger partial charge in [0.25, 0.3) is 0 Å². The second-order valence-electron chi connectivity index (χ2n) is 4.65. The quantitative estimate of drug-likeness (QED) is 0.449. The maximum atomic E-state index is 12.0. The van der Waals surface area contributed by atoms with Crippen molar-refractivity contribution < 1.29 is 9.53 Å². The maximum absolute atomic E-state index is 12.0. The fraction of sp³-hybridized carbons (Fsp3) is 0.750. The van der Waals surface area contributed by atoms with Crippen molar-refractivity contribution in [2.45, 2.75) is 24.5 Å². The van der Waals surface area contributed by atoms with Crippen molar-refractivity contribution in [2.75, 3.05) is 26.7 Å². The topological polar surface area (TPSA) is 103 Å². The Morgan fingerprint density at radius 2 is 2.21 bits per heavy atom. The van der Waals surface area contributed by atoms with E-state index in [0.717, 1.165) is 24.9 Å². The molecule has 1 aliphatic heterocycles. The molecule has 3 N–H and O–H groups in total. The molecular formula is C12H20N4O2S. The summed E-state index contributed by atoms with van der Waals surface area (Å²) in [5, 5.41) is 16.8. The molecule has 0 amide bonds. The standard InChI is InChI=1S/C12H20N4O2S/c1-3-18-10(17)9(8-13)12(19-11(14)15)4-6-16(2)7-5-12/h9H,3-7H2,1-2H3,(H3,14,15). The second kappa shape index (κ2) is 6.78. The summed E-state index contributed by atoms with van der Waals surface area (Å²) in [4.78, 5) is 14.1. The van der Waals surface area contributed by atoms with Crippen LogP contribution in [-0.2, 0) is 9.53 Å². The Morgan fingerprint density at radius 1 is 1.63 bits per heavy atom. The van der Waals surface area contributed by atoms with Crippen molar-refractivity contribution in [3.05, 3.63) is 0 Å². The van der Waals surface area contributed by atoms with Crippen molar-refractivity contribution >= 4 is 22.9 Å². The normalized spacial score (nSPS) is 20.3. The van der Waals surface area contributed by atoms with Crippen LogP contribution in [0.3, 0.4) is 0 Å². The number of nitrogens with zero attached hydrogens (tertiary/aromatic N) is 2. The highest BCUT2D eigenvalue weighted by molar-refractivity contribution is 8.14. The highest BCUT2D eigenvalue weighted by Gasteiger charge is 2.47. The number of nitrogens with two attached hydrogens (primary N) is 1. The summed E-state index contributed by atoms with van der Waals surface area (Å²) in [6.45, 7) is 3.51. The third-order valence-corrected chi connectivity index (χ3v) is 4.59. The van der Waals surface area contributed by atoms with E-state index in [-0.39, 0.29) is 11.8 Å². The van der Waals surface area contributed by atoms with Crippen LogP contribution in [-0.4, -0.2) is 47.5 Å². The summed E-state index contributed by atoms with van der Waals surface area (Å²) >= 11 is 1.12. The summed E-state index contributed by atoms with van der Waals surface area (Å²) in [5.74, 6) is -1.39. The SMILES string of the molecule is CCOC(=O)C(C#N)C1(SC(=N)N)CCN(C)CC1. The zero-order valence-electron chi connectivity index (χ0n) is 11.3. The number of piperidine rings is 1. The number of likely N-dealkylation sites (tertiary alicyclic amines) is 1. The van der Waals surface area contributed by atoms with E-state index in [2.05, 4.69) is 11.0 Å². The van der Waals surface area contributed by atoms with Crippen molar-refractivity contribution in [2.24, 2.45) is 11.7 Å². The van der Waals surface area contributed by atoms with Crippen LogP contribution < -0.4 is 5.73 Å². The summed E-state index contributed by atoms with van der Waals surface area (Å²) in [6, 6.07) is 2.05. The Hall–Kier alpha value is -1.26. The molecule has 106 valence electrons. The Labute approximate surface area is 117 Å². The summed E-state index contributed by atoms with van der Waals surface area (Å²) < 4.78 is 4.34. The molecule has 0 aromatic heterocycles. The first-order valence-corrected chi connectivity index (χ1v) is 7.04. The van der Waals surface area contributed by atoms with Gasteiger partial charge in [-0.25, -0.2) is 0 Å². The summed E-state index contributed by atoms with van der Waals surface area (Å²) in [7, 11) is 1.99. The van der Waals surface area contributed by atoms with Gasteiger partial charge in [-0.05, 0) is 39.9 Å². The third-order valence-electron chi connectivity index (χ3n) is 3.32. The van der Waals surface area contributed by atoms with Crippen molar-refractivity contribution in [1.29, 1.82) is 10.7 Å². The number of hydrogen-bond acceptors (Lipinski definition) is 6. The van der Waals surface area contributed by atoms with Crippen LogP contribution in [0.2, 0.25) is 0 Å². The lowest BCUT2D eigenvalue weighted by atomic mass is 9.84. The van der Waals surface area contributed by atoms with Gasteiger partial charge >= 0.3 is 5.97 Å². The zero-order valence-corrected chi connectivity index (χ0v) is 12.1. The molecule has 0 aliphatic carbocycles. The van der Waals surface area contributed by atoms with Crippen LogP contribution >= 0.6 is 11.8 Å². The lowest BCUT2D eigenvalue weighted by molar-refractivity contribution is -0.147. The van der Waals surface area contributed by atoms with Gasteiger partial charge < -0.3 is 15.4 Å². The molecule has 6 nitrogen and oxygen atoms in total. The molecule has 0 spiro atoms. The number of nitrogens with one attached hydrogen (secondary N) is 1. The molecule has 1 rings (SSSR count). The van der Waals surface area contributed by atoms with E-state index in [1.165, 1.54) is 0 Å². The van der Waals surface area contributed by atoms with Gasteiger partial charge in [-0.3, -0.25) is 10.2 Å². The van der Waals surface area contributed by atoms with Gasteiger partial charge in [0, 0.05) is 0 Å². The van der Waals surface area contributed by atoms with E-state index in [0.29, 0.717) is 12.8 Å². The molecule has 7 heteroatoms. The number of hydrogen-bond donors (Lipinski definition) is 2. The molecule has 1 aliphatic rings. The predicted molar refractivity (Wildman–Crippen MR) is 74.7 cm³/mol. The molecule has 1 fully saturated rings. The Kier molecular flexibility index (Phi) is 5.63. The van der Waals surface area contributed by atoms with Crippen molar-refractivity contribution in [3.63, 3.8) is 0 Å². The number of ether oxygens (including phenoxy) is 1. The first kappa shape index (κ1) is 15.8. The molecule has 1 saturated heterocycles. The van der Waals surface area contributed by atoms with Crippen LogP contribution in [0.25, 0.3) is 0 Å². The summed E-state index contributed by atoms with van der Waals surface area (Å²) in [5.41, 5.74) is 5.48. The van der Waals surface area contributed by atoms with Gasteiger partial charge in [0.15, 0.2) is 11.1 Å². The Morgan fingerprint density at radius 3 is 2.63 bits per heavy atom. The average molecular weight is 284 g/mol. The number of carbonyl (C=O) groups is 1. The fourth-order valence-corrected chi connectivity index (χ4v) is 3.37. The molecule has 19 heavy (non-hydrogen) atoms. The molecule has 1 atom stereocenters. The minimum absolute atomic E-state index is 0.0610. The van der Waals surface area contributed by atoms with E-state index < -0.39 is 16.6 Å². The first-order valence-electron chi connectivity index (χ1n) is 6.23. The molecule has 0 aromatic rings. The van der Waals surface area contributed by atoms with Crippen LogP contribution in [0.1, 0.15) is 19.8 Å². The van der Waals surface area contributed by atoms with E-state index >= 15 is 0 Å². The fourth-order valence-electron chi connectivity index (χ4n) is 2.28. The van der Waals surface area contributed by atoms with Crippen LogP contribution in [0.4, 0.5) is 0 Å². The van der Waals surface area contributed by atoms with E-state index in [1.807, 2.05) is 7.05 Å². The summed E-state index contributed by atoms with van der Waals surface area (Å²) in [6.07, 6.45) is 1.29. The zero-order chi connectivity index (χ0) is 14.5. The van der Waals surface area contributed by atoms with Gasteiger partial charge in [0.2, 0.25) is 0 Å². The van der Waals surface area contributed by atoms with E-state index in [1.54, 1.807) is 6.92 Å². The average Bonchev–Trinajstić information content (AvgIpc) is 2.33. The highest BCUT2D eigenvalue weighted by Crippen LogP contribution is 2.42. The Bertz CT molecular complexity index is 386. The molecule has 0 radical (unpaired) electrons. The highest BCUT2D eigenvalue weighted by atomic mass is 32.2. The number of nitriles is 1. The number of thioether (sulfide) groups is 1. The lowest BCUT2D eigenvalue weighted by Gasteiger charge is -2.41. The van der Waals surface area contributed by atoms with Crippen molar-refractivity contribution in [3.8, 4) is 6.07 Å². The smallest absolute Gasteiger partial charge is 0.324 e. The van der Waals surface area contributed by atoms with Crippen LogP contribution in [0.5, 0.6) is 0 Å².